The van der Waals surface area contributed by atoms with E-state index < -0.39 is 6.43 Å². The zero-order valence-electron chi connectivity index (χ0n) is 10.8. The highest BCUT2D eigenvalue weighted by atomic mass is 32.2. The molecule has 2 aromatic rings. The van der Waals surface area contributed by atoms with E-state index in [9.17, 15) is 8.78 Å². The summed E-state index contributed by atoms with van der Waals surface area (Å²) in [6, 6.07) is 10.7. The second kappa shape index (κ2) is 5.61. The van der Waals surface area contributed by atoms with Crippen molar-refractivity contribution in [2.45, 2.75) is 30.1 Å². The van der Waals surface area contributed by atoms with Gasteiger partial charge in [0, 0.05) is 21.0 Å². The molecule has 0 saturated carbocycles. The first kappa shape index (κ1) is 13.9. The smallest absolute Gasteiger partial charge is 0.265 e. The lowest BCUT2D eigenvalue weighted by Gasteiger charge is -2.11. The van der Waals surface area contributed by atoms with Crippen molar-refractivity contribution in [3.8, 4) is 0 Å². The minimum absolute atomic E-state index is 0.00842. The number of rotatable bonds is 3. The molecule has 0 atom stereocenters. The normalized spacial score (nSPS) is 11.0. The molecule has 2 rings (SSSR count). The number of nitrogen functional groups attached to an aromatic ring is 1. The van der Waals surface area contributed by atoms with Crippen LogP contribution >= 0.6 is 11.8 Å². The van der Waals surface area contributed by atoms with Crippen molar-refractivity contribution < 1.29 is 8.78 Å². The molecular formula is C15H15F2NS. The van der Waals surface area contributed by atoms with Crippen molar-refractivity contribution in [1.29, 1.82) is 0 Å². The van der Waals surface area contributed by atoms with Gasteiger partial charge in [0.25, 0.3) is 6.43 Å². The first-order valence-corrected chi connectivity index (χ1v) is 6.71. The molecule has 2 N–H and O–H groups in total. The molecule has 0 heterocycles. The van der Waals surface area contributed by atoms with Crippen molar-refractivity contribution in [3.63, 3.8) is 0 Å². The minimum atomic E-state index is -2.52. The van der Waals surface area contributed by atoms with E-state index in [0.29, 0.717) is 10.6 Å². The molecule has 0 radical (unpaired) electrons. The van der Waals surface area contributed by atoms with E-state index in [-0.39, 0.29) is 5.56 Å². The first-order valence-electron chi connectivity index (χ1n) is 5.90. The SMILES string of the molecule is Cc1ccc(C)c(Sc2ccc(N)cc2C(F)F)c1. The first-order chi connectivity index (χ1) is 8.97. The fourth-order valence-corrected chi connectivity index (χ4v) is 2.88. The molecule has 0 aromatic heterocycles. The van der Waals surface area contributed by atoms with Gasteiger partial charge < -0.3 is 5.73 Å². The molecule has 0 bridgehead atoms. The fourth-order valence-electron chi connectivity index (χ4n) is 1.77. The standard InChI is InChI=1S/C15H15F2NS/c1-9-3-4-10(2)14(7-9)19-13-6-5-11(18)8-12(13)15(16)17/h3-8,15H,18H2,1-2H3. The Balaban J connectivity index is 2.40. The Morgan fingerprint density at radius 1 is 1.00 bits per heavy atom. The molecule has 0 aliphatic carbocycles. The van der Waals surface area contributed by atoms with E-state index >= 15 is 0 Å². The summed E-state index contributed by atoms with van der Waals surface area (Å²) in [5.41, 5.74) is 8.11. The van der Waals surface area contributed by atoms with Gasteiger partial charge in [0.15, 0.2) is 0 Å². The predicted molar refractivity (Wildman–Crippen MR) is 75.9 cm³/mol. The number of alkyl halides is 2. The fraction of sp³-hybridized carbons (Fsp3) is 0.200. The molecule has 0 saturated heterocycles. The second-order valence-corrected chi connectivity index (χ2v) is 5.55. The molecule has 19 heavy (non-hydrogen) atoms. The van der Waals surface area contributed by atoms with Gasteiger partial charge in [-0.2, -0.15) is 0 Å². The lowest BCUT2D eigenvalue weighted by atomic mass is 10.2. The van der Waals surface area contributed by atoms with Gasteiger partial charge >= 0.3 is 0 Å². The van der Waals surface area contributed by atoms with Crippen LogP contribution in [0.4, 0.5) is 14.5 Å². The van der Waals surface area contributed by atoms with E-state index in [0.717, 1.165) is 16.0 Å². The zero-order valence-corrected chi connectivity index (χ0v) is 11.6. The lowest BCUT2D eigenvalue weighted by molar-refractivity contribution is 0.148. The molecule has 0 spiro atoms. The minimum Gasteiger partial charge on any atom is -0.399 e. The van der Waals surface area contributed by atoms with Gasteiger partial charge in [-0.05, 0) is 49.2 Å². The van der Waals surface area contributed by atoms with Gasteiger partial charge in [-0.1, -0.05) is 23.9 Å². The van der Waals surface area contributed by atoms with Crippen molar-refractivity contribution in [3.05, 3.63) is 53.1 Å². The van der Waals surface area contributed by atoms with Gasteiger partial charge in [-0.15, -0.1) is 0 Å². The number of hydrogen-bond donors (Lipinski definition) is 1. The Kier molecular flexibility index (Phi) is 4.10. The van der Waals surface area contributed by atoms with Crippen LogP contribution < -0.4 is 5.73 Å². The van der Waals surface area contributed by atoms with Crippen molar-refractivity contribution in [2.24, 2.45) is 0 Å². The third-order valence-electron chi connectivity index (χ3n) is 2.83. The van der Waals surface area contributed by atoms with E-state index in [2.05, 4.69) is 0 Å². The van der Waals surface area contributed by atoms with Crippen LogP contribution in [0.2, 0.25) is 0 Å². The van der Waals surface area contributed by atoms with Gasteiger partial charge in [0.1, 0.15) is 0 Å². The van der Waals surface area contributed by atoms with Crippen LogP contribution in [-0.4, -0.2) is 0 Å². The highest BCUT2D eigenvalue weighted by Gasteiger charge is 2.15. The van der Waals surface area contributed by atoms with Crippen LogP contribution in [0.15, 0.2) is 46.2 Å². The summed E-state index contributed by atoms with van der Waals surface area (Å²) in [5, 5.41) is 0. The summed E-state index contributed by atoms with van der Waals surface area (Å²) in [7, 11) is 0. The highest BCUT2D eigenvalue weighted by Crippen LogP contribution is 2.37. The van der Waals surface area contributed by atoms with Crippen LogP contribution in [0.1, 0.15) is 23.1 Å². The maximum atomic E-state index is 13.0. The van der Waals surface area contributed by atoms with Crippen LogP contribution in [0, 0.1) is 13.8 Å². The van der Waals surface area contributed by atoms with Gasteiger partial charge in [0.05, 0.1) is 0 Å². The third-order valence-corrected chi connectivity index (χ3v) is 4.08. The molecule has 0 fully saturated rings. The molecule has 4 heteroatoms. The Morgan fingerprint density at radius 3 is 2.42 bits per heavy atom. The third kappa shape index (κ3) is 3.26. The van der Waals surface area contributed by atoms with Crippen LogP contribution in [0.25, 0.3) is 0 Å². The summed E-state index contributed by atoms with van der Waals surface area (Å²) in [4.78, 5) is 1.55. The zero-order chi connectivity index (χ0) is 14.0. The van der Waals surface area contributed by atoms with Crippen molar-refractivity contribution in [2.75, 3.05) is 5.73 Å². The molecule has 0 aliphatic rings. The number of nitrogens with two attached hydrogens (primary N) is 1. The quantitative estimate of drug-likeness (QED) is 0.802. The summed E-state index contributed by atoms with van der Waals surface area (Å²) in [6.07, 6.45) is -2.52. The molecule has 0 amide bonds. The number of halogens is 2. The largest absolute Gasteiger partial charge is 0.399 e. The van der Waals surface area contributed by atoms with Gasteiger partial charge in [0.2, 0.25) is 0 Å². The number of aryl methyl sites for hydroxylation is 2. The molecule has 0 aliphatic heterocycles. The Labute approximate surface area is 115 Å². The maximum Gasteiger partial charge on any atom is 0.265 e. The summed E-state index contributed by atoms with van der Waals surface area (Å²) in [5.74, 6) is 0. The molecule has 1 nitrogen and oxygen atoms in total. The maximum absolute atomic E-state index is 13.0. The summed E-state index contributed by atoms with van der Waals surface area (Å²) >= 11 is 1.36. The van der Waals surface area contributed by atoms with E-state index in [1.54, 1.807) is 12.1 Å². The van der Waals surface area contributed by atoms with E-state index in [1.807, 2.05) is 32.0 Å². The lowest BCUT2D eigenvalue weighted by Crippen LogP contribution is -1.93. The number of anilines is 1. The summed E-state index contributed by atoms with van der Waals surface area (Å²) < 4.78 is 26.0. The second-order valence-electron chi connectivity index (χ2n) is 4.47. The number of benzene rings is 2. The van der Waals surface area contributed by atoms with Crippen molar-refractivity contribution >= 4 is 17.4 Å². The Morgan fingerprint density at radius 2 is 1.74 bits per heavy atom. The van der Waals surface area contributed by atoms with Crippen LogP contribution in [-0.2, 0) is 0 Å². The molecule has 100 valence electrons. The van der Waals surface area contributed by atoms with E-state index in [4.69, 9.17) is 5.73 Å². The van der Waals surface area contributed by atoms with E-state index in [1.165, 1.54) is 17.8 Å². The van der Waals surface area contributed by atoms with Gasteiger partial charge in [-0.25, -0.2) is 8.78 Å². The average Bonchev–Trinajstić information content (AvgIpc) is 2.35. The Bertz CT molecular complexity index is 597. The topological polar surface area (TPSA) is 26.0 Å². The van der Waals surface area contributed by atoms with Crippen LogP contribution in [0.5, 0.6) is 0 Å². The molecular weight excluding hydrogens is 264 g/mol. The Hall–Kier alpha value is -1.55. The number of hydrogen-bond acceptors (Lipinski definition) is 2. The monoisotopic (exact) mass is 279 g/mol. The van der Waals surface area contributed by atoms with Gasteiger partial charge in [-0.3, -0.25) is 0 Å². The highest BCUT2D eigenvalue weighted by molar-refractivity contribution is 7.99. The molecule has 0 unspecified atom stereocenters. The molecule has 2 aromatic carbocycles. The van der Waals surface area contributed by atoms with Crippen LogP contribution in [0.3, 0.4) is 0 Å². The average molecular weight is 279 g/mol. The predicted octanol–water partition coefficient (Wildman–Crippen LogP) is 4.97. The van der Waals surface area contributed by atoms with Crippen molar-refractivity contribution in [1.82, 2.24) is 0 Å². The summed E-state index contributed by atoms with van der Waals surface area (Å²) in [6.45, 7) is 3.96.